The average Bonchev–Trinajstić information content (AvgIpc) is 2.76. The number of nitro groups is 2. The monoisotopic (exact) mass is 516 g/mol. The molecule has 0 aliphatic heterocycles. The highest BCUT2D eigenvalue weighted by Crippen LogP contribution is 2.26. The summed E-state index contributed by atoms with van der Waals surface area (Å²) in [7, 11) is 0. The zero-order valence-electron chi connectivity index (χ0n) is 17.6. The predicted molar refractivity (Wildman–Crippen MR) is 125 cm³/mol. The van der Waals surface area contributed by atoms with Gasteiger partial charge in [0.15, 0.2) is 0 Å². The molecular formula is C20H22Cl2N4O8. The number of esters is 1. The number of hydrogen-bond donors (Lipinski definition) is 2. The molecule has 0 aliphatic carbocycles. The molecule has 2 rings (SSSR count). The molecule has 1 atom stereocenters. The molecule has 0 saturated carbocycles. The first-order valence-electron chi connectivity index (χ1n) is 9.63. The maximum Gasteiger partial charge on any atom is 0.308 e. The Morgan fingerprint density at radius 1 is 1.00 bits per heavy atom. The van der Waals surface area contributed by atoms with Crippen LogP contribution in [0.15, 0.2) is 36.4 Å². The van der Waals surface area contributed by atoms with Crippen LogP contribution in [0.1, 0.15) is 38.2 Å². The van der Waals surface area contributed by atoms with E-state index in [1.807, 2.05) is 0 Å². The minimum Gasteiger partial charge on any atom is -0.466 e. The molecule has 0 heterocycles. The van der Waals surface area contributed by atoms with Crippen molar-refractivity contribution in [3.63, 3.8) is 0 Å². The van der Waals surface area contributed by atoms with E-state index in [1.165, 1.54) is 18.2 Å². The van der Waals surface area contributed by atoms with Gasteiger partial charge in [0.1, 0.15) is 0 Å². The van der Waals surface area contributed by atoms with Crippen LogP contribution < -0.4 is 10.6 Å². The Morgan fingerprint density at radius 2 is 1.56 bits per heavy atom. The van der Waals surface area contributed by atoms with E-state index in [0.717, 1.165) is 12.1 Å². The highest BCUT2D eigenvalue weighted by molar-refractivity contribution is 6.34. The number of nitrogens with zero attached hydrogens (tertiary/aromatic N) is 2. The third-order valence-electron chi connectivity index (χ3n) is 4.29. The molecule has 0 fully saturated rings. The van der Waals surface area contributed by atoms with Crippen LogP contribution in [0.25, 0.3) is 0 Å². The summed E-state index contributed by atoms with van der Waals surface area (Å²) >= 11 is 12.0. The van der Waals surface area contributed by atoms with Crippen molar-refractivity contribution in [1.29, 1.82) is 0 Å². The number of non-ortho nitro benzene ring substituents is 2. The molecule has 0 aromatic heterocycles. The van der Waals surface area contributed by atoms with Gasteiger partial charge in [0.2, 0.25) is 5.91 Å². The van der Waals surface area contributed by atoms with Crippen molar-refractivity contribution in [2.75, 3.05) is 13.2 Å². The Hall–Kier alpha value is -3.77. The van der Waals surface area contributed by atoms with Crippen LogP contribution in [0.3, 0.4) is 0 Å². The van der Waals surface area contributed by atoms with Crippen LogP contribution in [0.4, 0.5) is 11.4 Å². The number of ether oxygens (including phenoxy) is 1. The molecule has 2 N–H and O–H groups in total. The highest BCUT2D eigenvalue weighted by Gasteiger charge is 2.22. The van der Waals surface area contributed by atoms with E-state index < -0.39 is 51.6 Å². The van der Waals surface area contributed by atoms with Crippen molar-refractivity contribution in [2.24, 2.45) is 0 Å². The van der Waals surface area contributed by atoms with Crippen LogP contribution in [0, 0.1) is 20.2 Å². The zero-order valence-corrected chi connectivity index (χ0v) is 19.1. The van der Waals surface area contributed by atoms with E-state index in [1.54, 1.807) is 6.92 Å². The molecule has 0 radical (unpaired) electrons. The van der Waals surface area contributed by atoms with Gasteiger partial charge in [-0.15, -0.1) is 0 Å². The number of nitrogens with one attached hydrogen (secondary N) is 2. The van der Waals surface area contributed by atoms with Crippen molar-refractivity contribution in [2.45, 2.75) is 19.4 Å². The second-order valence-electron chi connectivity index (χ2n) is 6.77. The lowest BCUT2D eigenvalue weighted by Gasteiger charge is -2.19. The van der Waals surface area contributed by atoms with Gasteiger partial charge in [0.25, 0.3) is 17.3 Å². The van der Waals surface area contributed by atoms with Crippen molar-refractivity contribution < 1.29 is 31.8 Å². The lowest BCUT2D eigenvalue weighted by molar-refractivity contribution is -0.394. The second kappa shape index (κ2) is 11.9. The number of carbonyl (C=O) groups is 3. The SMILES string of the molecule is CCOC(=O)CC(NC(=O)CNC(=O)c1cc([N+](=O)[O-])cc([N+](=O)[O-])c1)c1cc(Cl)cc(Cl)c1.[HH].[HH]. The summed E-state index contributed by atoms with van der Waals surface area (Å²) in [4.78, 5) is 57.0. The van der Waals surface area contributed by atoms with Gasteiger partial charge in [-0.3, -0.25) is 34.6 Å². The summed E-state index contributed by atoms with van der Waals surface area (Å²) < 4.78 is 4.92. The van der Waals surface area contributed by atoms with Crippen molar-refractivity contribution in [1.82, 2.24) is 10.6 Å². The van der Waals surface area contributed by atoms with Gasteiger partial charge in [-0.25, -0.2) is 0 Å². The van der Waals surface area contributed by atoms with E-state index in [4.69, 9.17) is 27.9 Å². The maximum absolute atomic E-state index is 12.5. The lowest BCUT2D eigenvalue weighted by Crippen LogP contribution is -2.39. The van der Waals surface area contributed by atoms with Crippen LogP contribution in [0.5, 0.6) is 0 Å². The van der Waals surface area contributed by atoms with Crippen LogP contribution in [0.2, 0.25) is 10.0 Å². The molecular weight excluding hydrogens is 495 g/mol. The Labute approximate surface area is 205 Å². The van der Waals surface area contributed by atoms with Gasteiger partial charge >= 0.3 is 5.97 Å². The van der Waals surface area contributed by atoms with Gasteiger partial charge in [-0.1, -0.05) is 23.2 Å². The smallest absolute Gasteiger partial charge is 0.308 e. The fourth-order valence-electron chi connectivity index (χ4n) is 2.86. The number of hydrogen-bond acceptors (Lipinski definition) is 8. The molecule has 2 aromatic rings. The number of nitro benzene ring substituents is 2. The normalized spacial score (nSPS) is 11.3. The molecule has 0 bridgehead atoms. The Morgan fingerprint density at radius 3 is 2.06 bits per heavy atom. The van der Waals surface area contributed by atoms with Crippen LogP contribution >= 0.6 is 23.2 Å². The maximum atomic E-state index is 12.5. The number of amides is 2. The topological polar surface area (TPSA) is 171 Å². The Kier molecular flexibility index (Phi) is 9.27. The summed E-state index contributed by atoms with van der Waals surface area (Å²) in [5, 5.41) is 27.3. The molecule has 0 spiro atoms. The van der Waals surface area contributed by atoms with Crippen LogP contribution in [-0.4, -0.2) is 40.8 Å². The van der Waals surface area contributed by atoms with E-state index >= 15 is 0 Å². The van der Waals surface area contributed by atoms with Crippen LogP contribution in [-0.2, 0) is 14.3 Å². The van der Waals surface area contributed by atoms with E-state index in [-0.39, 0.29) is 31.5 Å². The minimum absolute atomic E-state index is 0. The molecule has 1 unspecified atom stereocenters. The molecule has 0 saturated heterocycles. The lowest BCUT2D eigenvalue weighted by atomic mass is 10.0. The van der Waals surface area contributed by atoms with Gasteiger partial charge in [0.05, 0.1) is 47.1 Å². The second-order valence-corrected chi connectivity index (χ2v) is 7.64. The molecule has 34 heavy (non-hydrogen) atoms. The largest absolute Gasteiger partial charge is 0.466 e. The van der Waals surface area contributed by atoms with Crippen molar-refractivity contribution in [3.8, 4) is 0 Å². The number of rotatable bonds is 10. The zero-order chi connectivity index (χ0) is 25.4. The summed E-state index contributed by atoms with van der Waals surface area (Å²) in [6.45, 7) is 1.15. The minimum atomic E-state index is -0.949. The summed E-state index contributed by atoms with van der Waals surface area (Å²) in [6, 6.07) is 5.97. The Balaban J connectivity index is 0.00000612. The quantitative estimate of drug-likeness (QED) is 0.272. The standard InChI is InChI=1S/C20H18Cl2N4O8.2H2/c1-2-34-19(28)9-17(11-3-13(21)7-14(22)4-11)24-18(27)10-23-20(29)12-5-15(25(30)31)8-16(6-12)26(32)33;;/h3-8,17H,2,9-10H2,1H3,(H,23,29)(H,24,27);2*1H. The summed E-state index contributed by atoms with van der Waals surface area (Å²) in [6.07, 6.45) is -0.249. The van der Waals surface area contributed by atoms with Gasteiger partial charge in [-0.05, 0) is 30.7 Å². The summed E-state index contributed by atoms with van der Waals surface area (Å²) in [5.41, 5.74) is -1.27. The van der Waals surface area contributed by atoms with E-state index in [2.05, 4.69) is 10.6 Å². The van der Waals surface area contributed by atoms with Gasteiger partial charge < -0.3 is 15.4 Å². The molecule has 14 heteroatoms. The summed E-state index contributed by atoms with van der Waals surface area (Å²) in [5.74, 6) is -2.27. The number of benzene rings is 2. The first kappa shape index (κ1) is 26.5. The Bertz CT molecular complexity index is 1100. The average molecular weight is 517 g/mol. The molecule has 2 amide bonds. The molecule has 2 aromatic carbocycles. The third kappa shape index (κ3) is 7.67. The molecule has 12 nitrogen and oxygen atoms in total. The fourth-order valence-corrected chi connectivity index (χ4v) is 3.40. The van der Waals surface area contributed by atoms with E-state index in [0.29, 0.717) is 11.6 Å². The van der Waals surface area contributed by atoms with Gasteiger partial charge in [0, 0.05) is 25.0 Å². The highest BCUT2D eigenvalue weighted by atomic mass is 35.5. The first-order valence-corrected chi connectivity index (χ1v) is 10.4. The first-order chi connectivity index (χ1) is 16.0. The predicted octanol–water partition coefficient (Wildman–Crippen LogP) is 3.84. The molecule has 0 aliphatic rings. The fraction of sp³-hybridized carbons (Fsp3) is 0.250. The third-order valence-corrected chi connectivity index (χ3v) is 4.73. The number of carbonyl (C=O) groups excluding carboxylic acids is 3. The van der Waals surface area contributed by atoms with Gasteiger partial charge in [-0.2, -0.15) is 0 Å². The van der Waals surface area contributed by atoms with Crippen molar-refractivity contribution >= 4 is 52.4 Å². The number of halogens is 2. The van der Waals surface area contributed by atoms with Crippen molar-refractivity contribution in [3.05, 3.63) is 77.8 Å². The molecule has 184 valence electrons. The van der Waals surface area contributed by atoms with E-state index in [9.17, 15) is 34.6 Å².